The van der Waals surface area contributed by atoms with Crippen LogP contribution in [0, 0.1) is 10.1 Å². The summed E-state index contributed by atoms with van der Waals surface area (Å²) >= 11 is 0. The highest BCUT2D eigenvalue weighted by molar-refractivity contribution is 5.90. The monoisotopic (exact) mass is 261 g/mol. The molecule has 0 saturated carbocycles. The number of carboxylic acids is 1. The Labute approximate surface area is 106 Å². The van der Waals surface area contributed by atoms with Crippen LogP contribution in [0.1, 0.15) is 10.4 Å². The summed E-state index contributed by atoms with van der Waals surface area (Å²) in [5, 5.41) is 26.8. The van der Waals surface area contributed by atoms with Gasteiger partial charge in [0.25, 0.3) is 5.88 Å². The Bertz CT molecular complexity index is 588. The smallest absolute Gasteiger partial charge is 0.341 e. The molecule has 0 saturated heterocycles. The standard InChI is InChI=1S/C11H7N3O5/c15-11(16)7-5-6-12-13-10(7)19-9-4-2-1-3-8(9)14(17)18/h1-6H,(H,15,16). The second kappa shape index (κ2) is 5.08. The summed E-state index contributed by atoms with van der Waals surface area (Å²) in [6, 6.07) is 6.78. The lowest BCUT2D eigenvalue weighted by Gasteiger charge is -2.06. The van der Waals surface area contributed by atoms with Gasteiger partial charge in [0.2, 0.25) is 5.75 Å². The number of nitro groups is 1. The third kappa shape index (κ3) is 2.63. The van der Waals surface area contributed by atoms with Crippen LogP contribution >= 0.6 is 0 Å². The summed E-state index contributed by atoms with van der Waals surface area (Å²) in [6.07, 6.45) is 1.19. The Morgan fingerprint density at radius 3 is 2.74 bits per heavy atom. The molecule has 0 aliphatic heterocycles. The van der Waals surface area contributed by atoms with E-state index in [1.165, 1.54) is 36.5 Å². The minimum Gasteiger partial charge on any atom is -0.477 e. The molecule has 0 bridgehead atoms. The predicted molar refractivity (Wildman–Crippen MR) is 62.2 cm³/mol. The molecule has 2 aromatic rings. The van der Waals surface area contributed by atoms with Crippen molar-refractivity contribution in [1.82, 2.24) is 10.2 Å². The largest absolute Gasteiger partial charge is 0.477 e. The van der Waals surface area contributed by atoms with E-state index in [4.69, 9.17) is 9.84 Å². The van der Waals surface area contributed by atoms with Crippen LogP contribution in [-0.2, 0) is 0 Å². The van der Waals surface area contributed by atoms with Gasteiger partial charge in [0, 0.05) is 6.07 Å². The molecule has 0 aliphatic carbocycles. The maximum Gasteiger partial charge on any atom is 0.341 e. The number of benzene rings is 1. The summed E-state index contributed by atoms with van der Waals surface area (Å²) in [5.41, 5.74) is -0.516. The second-order valence-electron chi connectivity index (χ2n) is 3.38. The molecule has 0 unspecified atom stereocenters. The average molecular weight is 261 g/mol. The van der Waals surface area contributed by atoms with Crippen molar-refractivity contribution in [3.63, 3.8) is 0 Å². The van der Waals surface area contributed by atoms with E-state index in [9.17, 15) is 14.9 Å². The molecule has 0 spiro atoms. The first-order valence-corrected chi connectivity index (χ1v) is 5.06. The van der Waals surface area contributed by atoms with Crippen LogP contribution in [0.2, 0.25) is 0 Å². The SMILES string of the molecule is O=C(O)c1ccnnc1Oc1ccccc1[N+](=O)[O-]. The summed E-state index contributed by atoms with van der Waals surface area (Å²) in [5.74, 6) is -1.66. The van der Waals surface area contributed by atoms with Crippen molar-refractivity contribution in [2.75, 3.05) is 0 Å². The number of rotatable bonds is 4. The van der Waals surface area contributed by atoms with E-state index >= 15 is 0 Å². The zero-order valence-electron chi connectivity index (χ0n) is 9.39. The van der Waals surface area contributed by atoms with Crippen LogP contribution in [0.25, 0.3) is 0 Å². The van der Waals surface area contributed by atoms with Crippen LogP contribution in [0.3, 0.4) is 0 Å². The quantitative estimate of drug-likeness (QED) is 0.659. The van der Waals surface area contributed by atoms with E-state index in [2.05, 4.69) is 10.2 Å². The number of aromatic nitrogens is 2. The van der Waals surface area contributed by atoms with Crippen molar-refractivity contribution in [3.05, 3.63) is 52.2 Å². The fraction of sp³-hybridized carbons (Fsp3) is 0. The van der Waals surface area contributed by atoms with Crippen LogP contribution in [-0.4, -0.2) is 26.2 Å². The number of nitro benzene ring substituents is 1. The number of ether oxygens (including phenoxy) is 1. The molecule has 2 rings (SSSR count). The minimum absolute atomic E-state index is 0.101. The van der Waals surface area contributed by atoms with Gasteiger partial charge in [0.15, 0.2) is 0 Å². The first kappa shape index (κ1) is 12.4. The van der Waals surface area contributed by atoms with E-state index in [1.54, 1.807) is 0 Å². The minimum atomic E-state index is -1.26. The zero-order valence-corrected chi connectivity index (χ0v) is 9.39. The summed E-state index contributed by atoms with van der Waals surface area (Å²) in [6.45, 7) is 0. The Balaban J connectivity index is 2.42. The van der Waals surface area contributed by atoms with Gasteiger partial charge in [-0.15, -0.1) is 5.10 Å². The van der Waals surface area contributed by atoms with Gasteiger partial charge in [0.1, 0.15) is 5.56 Å². The lowest BCUT2D eigenvalue weighted by atomic mass is 10.3. The fourth-order valence-electron chi connectivity index (χ4n) is 1.36. The molecule has 96 valence electrons. The molecule has 0 fully saturated rings. The van der Waals surface area contributed by atoms with Gasteiger partial charge in [-0.3, -0.25) is 10.1 Å². The van der Waals surface area contributed by atoms with Crippen LogP contribution in [0.15, 0.2) is 36.5 Å². The second-order valence-corrected chi connectivity index (χ2v) is 3.38. The fourth-order valence-corrected chi connectivity index (χ4v) is 1.36. The first-order valence-electron chi connectivity index (χ1n) is 5.06. The highest BCUT2D eigenvalue weighted by atomic mass is 16.6. The topological polar surface area (TPSA) is 115 Å². The van der Waals surface area contributed by atoms with Crippen molar-refractivity contribution in [3.8, 4) is 11.6 Å². The molecule has 1 aromatic carbocycles. The summed E-state index contributed by atoms with van der Waals surface area (Å²) in [4.78, 5) is 21.1. The van der Waals surface area contributed by atoms with E-state index < -0.39 is 10.9 Å². The van der Waals surface area contributed by atoms with E-state index in [0.29, 0.717) is 0 Å². The zero-order chi connectivity index (χ0) is 13.8. The Hall–Kier alpha value is -3.03. The van der Waals surface area contributed by atoms with Gasteiger partial charge in [0.05, 0.1) is 11.1 Å². The third-order valence-electron chi connectivity index (χ3n) is 2.19. The van der Waals surface area contributed by atoms with E-state index in [0.717, 1.165) is 0 Å². The number of aromatic carboxylic acids is 1. The van der Waals surface area contributed by atoms with Crippen LogP contribution < -0.4 is 4.74 Å². The van der Waals surface area contributed by atoms with Gasteiger partial charge in [-0.1, -0.05) is 12.1 Å². The Morgan fingerprint density at radius 2 is 2.05 bits per heavy atom. The number of para-hydroxylation sites is 2. The average Bonchev–Trinajstić information content (AvgIpc) is 2.39. The van der Waals surface area contributed by atoms with E-state index in [-0.39, 0.29) is 22.9 Å². The van der Waals surface area contributed by atoms with Crippen molar-refractivity contribution in [2.45, 2.75) is 0 Å². The predicted octanol–water partition coefficient (Wildman–Crippen LogP) is 1.88. The molecular formula is C11H7N3O5. The molecule has 8 nitrogen and oxygen atoms in total. The number of hydrogen-bond donors (Lipinski definition) is 1. The van der Waals surface area contributed by atoms with Crippen LogP contribution in [0.5, 0.6) is 11.6 Å². The molecule has 8 heteroatoms. The highest BCUT2D eigenvalue weighted by Gasteiger charge is 2.19. The number of nitrogens with zero attached hydrogens (tertiary/aromatic N) is 3. The number of carbonyl (C=O) groups is 1. The van der Waals surface area contributed by atoms with Crippen molar-refractivity contribution < 1.29 is 19.6 Å². The molecule has 19 heavy (non-hydrogen) atoms. The molecule has 0 radical (unpaired) electrons. The lowest BCUT2D eigenvalue weighted by Crippen LogP contribution is -2.03. The Morgan fingerprint density at radius 1 is 1.32 bits per heavy atom. The number of hydrogen-bond acceptors (Lipinski definition) is 6. The van der Waals surface area contributed by atoms with Gasteiger partial charge in [-0.05, 0) is 12.1 Å². The molecular weight excluding hydrogens is 254 g/mol. The molecule has 0 aliphatic rings. The Kier molecular flexibility index (Phi) is 3.33. The maximum atomic E-state index is 10.9. The van der Waals surface area contributed by atoms with Crippen molar-refractivity contribution in [1.29, 1.82) is 0 Å². The normalized spacial score (nSPS) is 9.89. The van der Waals surface area contributed by atoms with Crippen molar-refractivity contribution in [2.24, 2.45) is 0 Å². The third-order valence-corrected chi connectivity index (χ3v) is 2.19. The molecule has 0 atom stereocenters. The molecule has 0 amide bonds. The van der Waals surface area contributed by atoms with Gasteiger partial charge >= 0.3 is 11.7 Å². The lowest BCUT2D eigenvalue weighted by molar-refractivity contribution is -0.385. The highest BCUT2D eigenvalue weighted by Crippen LogP contribution is 2.30. The molecule has 1 aromatic heterocycles. The summed E-state index contributed by atoms with van der Waals surface area (Å²) < 4.78 is 5.17. The van der Waals surface area contributed by atoms with Crippen LogP contribution in [0.4, 0.5) is 5.69 Å². The molecule has 1 N–H and O–H groups in total. The van der Waals surface area contributed by atoms with Gasteiger partial charge < -0.3 is 9.84 Å². The first-order chi connectivity index (χ1) is 9.09. The van der Waals surface area contributed by atoms with Gasteiger partial charge in [-0.2, -0.15) is 5.10 Å². The maximum absolute atomic E-state index is 10.9. The van der Waals surface area contributed by atoms with Gasteiger partial charge in [-0.25, -0.2) is 4.79 Å². The van der Waals surface area contributed by atoms with E-state index in [1.807, 2.05) is 0 Å². The van der Waals surface area contributed by atoms with Crippen molar-refractivity contribution >= 4 is 11.7 Å². The number of carboxylic acid groups (broad SMARTS) is 1. The summed E-state index contributed by atoms with van der Waals surface area (Å²) in [7, 11) is 0. The molecule has 1 heterocycles.